The van der Waals surface area contributed by atoms with Gasteiger partial charge in [0.05, 0.1) is 27.1 Å². The molecule has 0 atom stereocenters. The summed E-state index contributed by atoms with van der Waals surface area (Å²) < 4.78 is 3.24. The number of phenolic OH excluding ortho intramolecular Hbond substituents is 1. The highest BCUT2D eigenvalue weighted by molar-refractivity contribution is 9.11. The monoisotopic (exact) mass is 634 g/mol. The minimum atomic E-state index is -0.314. The highest BCUT2D eigenvalue weighted by Gasteiger charge is 2.24. The number of thioether (sulfide) groups is 1. The standard InChI is InChI=1S/C24H18Br2ClN5O2S/c1-14-2-8-19(9-3-14)32-23(15-4-6-18(27)7-5-15)30-31-24(32)35-13-21(33)29-28-12-16-10-17(25)11-20(26)22(16)34/h2-12H,13H2,1H3,(H2,28,29,33,34)/p+1. The van der Waals surface area contributed by atoms with Gasteiger partial charge in [-0.05, 0) is 83.1 Å². The summed E-state index contributed by atoms with van der Waals surface area (Å²) in [5, 5.41) is 22.9. The number of aryl methyl sites for hydroxylation is 1. The van der Waals surface area contributed by atoms with Crippen LogP contribution in [0.1, 0.15) is 11.1 Å². The Morgan fingerprint density at radius 1 is 1.20 bits per heavy atom. The van der Waals surface area contributed by atoms with Crippen LogP contribution >= 0.6 is 55.2 Å². The molecule has 0 saturated carbocycles. The number of halogens is 3. The SMILES string of the molecule is Cc1ccc(-[n+]2c(SCC(=O)NN=Cc3cc(Br)cc(Br)c3O)n[nH]c2-c2ccc(Cl)cc2)cc1. The van der Waals surface area contributed by atoms with Crippen molar-refractivity contribution < 1.29 is 14.5 Å². The molecule has 4 rings (SSSR count). The molecule has 0 radical (unpaired) electrons. The summed E-state index contributed by atoms with van der Waals surface area (Å²) in [5.41, 5.74) is 5.89. The number of phenols is 1. The fourth-order valence-electron chi connectivity index (χ4n) is 3.15. The molecule has 0 aliphatic carbocycles. The molecule has 0 spiro atoms. The fourth-order valence-corrected chi connectivity index (χ4v) is 5.29. The molecule has 11 heteroatoms. The zero-order valence-corrected chi connectivity index (χ0v) is 23.0. The van der Waals surface area contributed by atoms with E-state index >= 15 is 0 Å². The van der Waals surface area contributed by atoms with E-state index in [4.69, 9.17) is 11.6 Å². The van der Waals surface area contributed by atoms with Gasteiger partial charge in [0.1, 0.15) is 11.4 Å². The number of nitrogens with one attached hydrogen (secondary N) is 2. The Hall–Kier alpha value is -2.66. The quantitative estimate of drug-likeness (QED) is 0.104. The number of carbonyl (C=O) groups excluding carboxylic acids is 1. The summed E-state index contributed by atoms with van der Waals surface area (Å²) in [6.07, 6.45) is 1.38. The molecule has 1 aromatic heterocycles. The number of rotatable bonds is 7. The van der Waals surface area contributed by atoms with Crippen molar-refractivity contribution in [2.24, 2.45) is 5.10 Å². The van der Waals surface area contributed by atoms with Crippen LogP contribution in [-0.2, 0) is 4.79 Å². The number of hydrazone groups is 1. The molecule has 7 nitrogen and oxygen atoms in total. The smallest absolute Gasteiger partial charge is 0.342 e. The van der Waals surface area contributed by atoms with Crippen LogP contribution in [0, 0.1) is 6.92 Å². The van der Waals surface area contributed by atoms with Crippen molar-refractivity contribution in [3.05, 3.63) is 85.8 Å². The third kappa shape index (κ3) is 6.32. The second-order valence-electron chi connectivity index (χ2n) is 7.44. The minimum Gasteiger partial charge on any atom is -0.506 e. The van der Waals surface area contributed by atoms with E-state index in [-0.39, 0.29) is 17.4 Å². The summed E-state index contributed by atoms with van der Waals surface area (Å²) in [4.78, 5) is 12.4. The van der Waals surface area contributed by atoms with Crippen LogP contribution in [0.2, 0.25) is 5.02 Å². The van der Waals surface area contributed by atoms with E-state index in [1.165, 1.54) is 18.0 Å². The van der Waals surface area contributed by atoms with E-state index in [0.29, 0.717) is 20.2 Å². The topological polar surface area (TPSA) is 94.2 Å². The first-order valence-corrected chi connectivity index (χ1v) is 13.2. The summed E-state index contributed by atoms with van der Waals surface area (Å²) in [7, 11) is 0. The first-order chi connectivity index (χ1) is 16.8. The molecule has 3 N–H and O–H groups in total. The molecule has 35 heavy (non-hydrogen) atoms. The Labute approximate surface area is 227 Å². The number of carbonyl (C=O) groups is 1. The Balaban J connectivity index is 1.51. The molecule has 1 amide bonds. The lowest BCUT2D eigenvalue weighted by atomic mass is 10.2. The van der Waals surface area contributed by atoms with Gasteiger partial charge in [0.25, 0.3) is 11.7 Å². The highest BCUT2D eigenvalue weighted by atomic mass is 79.9. The van der Waals surface area contributed by atoms with Crippen molar-refractivity contribution in [3.63, 3.8) is 0 Å². The number of hydrogen-bond acceptors (Lipinski definition) is 5. The van der Waals surface area contributed by atoms with E-state index < -0.39 is 0 Å². The van der Waals surface area contributed by atoms with Gasteiger partial charge in [0, 0.05) is 15.1 Å². The van der Waals surface area contributed by atoms with Crippen LogP contribution in [0.5, 0.6) is 5.75 Å². The third-order valence-corrected chi connectivity index (χ3v) is 7.12. The normalized spacial score (nSPS) is 11.2. The Kier molecular flexibility index (Phi) is 8.27. The predicted molar refractivity (Wildman–Crippen MR) is 145 cm³/mol. The average molecular weight is 637 g/mol. The molecule has 0 fully saturated rings. The molecule has 3 aromatic carbocycles. The van der Waals surface area contributed by atoms with Gasteiger partial charge in [0.2, 0.25) is 0 Å². The zero-order valence-electron chi connectivity index (χ0n) is 18.3. The van der Waals surface area contributed by atoms with Gasteiger partial charge in [-0.1, -0.05) is 45.2 Å². The van der Waals surface area contributed by atoms with Gasteiger partial charge in [-0.15, -0.1) is 5.10 Å². The minimum absolute atomic E-state index is 0.0333. The second kappa shape index (κ2) is 11.4. The number of hydrogen-bond donors (Lipinski definition) is 3. The molecule has 0 unspecified atom stereocenters. The fraction of sp³-hybridized carbons (Fsp3) is 0.0833. The zero-order chi connectivity index (χ0) is 24.9. The maximum absolute atomic E-state index is 12.4. The molecular formula is C24H19Br2ClN5O2S+. The second-order valence-corrected chi connectivity index (χ2v) is 10.6. The Morgan fingerprint density at radius 2 is 1.91 bits per heavy atom. The van der Waals surface area contributed by atoms with Gasteiger partial charge in [-0.25, -0.2) is 5.43 Å². The molecule has 0 aliphatic rings. The van der Waals surface area contributed by atoms with Crippen LogP contribution in [-0.4, -0.2) is 33.2 Å². The largest absolute Gasteiger partial charge is 0.506 e. The van der Waals surface area contributed by atoms with Crippen LogP contribution in [0.25, 0.3) is 17.1 Å². The number of benzene rings is 3. The van der Waals surface area contributed by atoms with Crippen molar-refractivity contribution in [2.75, 3.05) is 5.75 Å². The molecule has 0 aliphatic heterocycles. The lowest BCUT2D eigenvalue weighted by molar-refractivity contribution is -0.625. The van der Waals surface area contributed by atoms with Gasteiger partial charge < -0.3 is 5.11 Å². The maximum atomic E-state index is 12.4. The molecule has 1 heterocycles. The van der Waals surface area contributed by atoms with Crippen LogP contribution < -0.4 is 9.99 Å². The van der Waals surface area contributed by atoms with Crippen molar-refractivity contribution in [1.82, 2.24) is 15.6 Å². The summed E-state index contributed by atoms with van der Waals surface area (Å²) in [6.45, 7) is 2.02. The Morgan fingerprint density at radius 3 is 2.63 bits per heavy atom. The van der Waals surface area contributed by atoms with Crippen molar-refractivity contribution >= 4 is 67.3 Å². The molecule has 4 aromatic rings. The van der Waals surface area contributed by atoms with Crippen molar-refractivity contribution in [3.8, 4) is 22.8 Å². The van der Waals surface area contributed by atoms with Gasteiger partial charge in [-0.3, -0.25) is 4.79 Å². The highest BCUT2D eigenvalue weighted by Crippen LogP contribution is 2.30. The summed E-state index contributed by atoms with van der Waals surface area (Å²) in [5.74, 6) is 0.571. The Bertz CT molecular complexity index is 1390. The predicted octanol–water partition coefficient (Wildman–Crippen LogP) is 5.79. The number of H-pyrrole nitrogens is 1. The van der Waals surface area contributed by atoms with Crippen molar-refractivity contribution in [2.45, 2.75) is 12.1 Å². The van der Waals surface area contributed by atoms with E-state index in [1.54, 1.807) is 12.1 Å². The molecule has 0 bridgehead atoms. The van der Waals surface area contributed by atoms with E-state index in [2.05, 4.69) is 52.6 Å². The molecular weight excluding hydrogens is 618 g/mol. The number of aromatic nitrogens is 3. The first kappa shape index (κ1) is 25.4. The van der Waals surface area contributed by atoms with Gasteiger partial charge >= 0.3 is 5.16 Å². The van der Waals surface area contributed by atoms with Crippen LogP contribution in [0.15, 0.2) is 79.9 Å². The average Bonchev–Trinajstić information content (AvgIpc) is 3.25. The van der Waals surface area contributed by atoms with Crippen molar-refractivity contribution in [1.29, 1.82) is 0 Å². The number of aromatic amines is 1. The van der Waals surface area contributed by atoms with Gasteiger partial charge in [0.15, 0.2) is 0 Å². The third-order valence-electron chi connectivity index (χ3n) is 4.87. The lowest BCUT2D eigenvalue weighted by Crippen LogP contribution is -2.34. The van der Waals surface area contributed by atoms with Gasteiger partial charge in [-0.2, -0.15) is 9.67 Å². The summed E-state index contributed by atoms with van der Waals surface area (Å²) >= 11 is 14.0. The molecule has 0 saturated heterocycles. The van der Waals surface area contributed by atoms with Crippen LogP contribution in [0.4, 0.5) is 0 Å². The number of amides is 1. The number of nitrogens with zero attached hydrogens (tertiary/aromatic N) is 3. The first-order valence-electron chi connectivity index (χ1n) is 10.3. The number of aromatic hydroxyl groups is 1. The van der Waals surface area contributed by atoms with Crippen LogP contribution in [0.3, 0.4) is 0 Å². The maximum Gasteiger partial charge on any atom is 0.342 e. The summed E-state index contributed by atoms with van der Waals surface area (Å²) in [6, 6.07) is 18.9. The lowest BCUT2D eigenvalue weighted by Gasteiger charge is -2.05. The van der Waals surface area contributed by atoms with E-state index in [0.717, 1.165) is 27.1 Å². The van der Waals surface area contributed by atoms with E-state index in [1.807, 2.05) is 60.0 Å². The van der Waals surface area contributed by atoms with E-state index in [9.17, 15) is 9.90 Å². The molecule has 178 valence electrons.